The normalized spacial score (nSPS) is 11.7. The average molecular weight is 513 g/mol. The fourth-order valence-corrected chi connectivity index (χ4v) is 2.66. The molecule has 0 aliphatic carbocycles. The number of methoxy groups -OCH3 is 2. The van der Waals surface area contributed by atoms with Crippen LogP contribution in [0.2, 0.25) is 0 Å². The molecule has 0 atom stereocenters. The van der Waals surface area contributed by atoms with Crippen LogP contribution < -0.4 is 0 Å². The molecule has 0 aromatic heterocycles. The topological polar surface area (TPSA) is 73.8 Å². The molecule has 8 heteroatoms. The Morgan fingerprint density at radius 3 is 1.25 bits per heavy atom. The van der Waals surface area contributed by atoms with Crippen LogP contribution >= 0.6 is 0 Å². The number of hydrogen-bond acceptors (Lipinski definition) is 8. The van der Waals surface area contributed by atoms with Crippen LogP contribution in [-0.2, 0) is 37.9 Å². The molecule has 0 N–H and O–H groups in total. The van der Waals surface area contributed by atoms with Gasteiger partial charge in [-0.3, -0.25) is 0 Å². The first-order valence-electron chi connectivity index (χ1n) is 12.7. The fraction of sp³-hybridized carbons (Fsp3) is 0.643. The van der Waals surface area contributed by atoms with Gasteiger partial charge < -0.3 is 37.9 Å². The molecule has 0 spiro atoms. The molecule has 0 amide bonds. The summed E-state index contributed by atoms with van der Waals surface area (Å²) in [5, 5.41) is 0. The van der Waals surface area contributed by atoms with E-state index in [4.69, 9.17) is 37.9 Å². The summed E-state index contributed by atoms with van der Waals surface area (Å²) in [6.45, 7) is 14.6. The van der Waals surface area contributed by atoms with Crippen molar-refractivity contribution in [1.29, 1.82) is 0 Å². The Morgan fingerprint density at radius 2 is 0.889 bits per heavy atom. The van der Waals surface area contributed by atoms with Crippen molar-refractivity contribution < 1.29 is 37.9 Å². The van der Waals surface area contributed by atoms with Crippen molar-refractivity contribution >= 4 is 11.1 Å². The first-order chi connectivity index (χ1) is 17.7. The van der Waals surface area contributed by atoms with Crippen LogP contribution in [0.1, 0.15) is 38.8 Å². The van der Waals surface area contributed by atoms with Gasteiger partial charge >= 0.3 is 0 Å². The van der Waals surface area contributed by atoms with Crippen LogP contribution in [-0.4, -0.2) is 93.5 Å². The third kappa shape index (κ3) is 19.3. The summed E-state index contributed by atoms with van der Waals surface area (Å²) in [6, 6.07) is 8.26. The molecule has 0 saturated heterocycles. The van der Waals surface area contributed by atoms with Crippen LogP contribution in [0.5, 0.6) is 0 Å². The number of benzene rings is 1. The van der Waals surface area contributed by atoms with Gasteiger partial charge in [-0.15, -0.1) is 0 Å². The lowest BCUT2D eigenvalue weighted by molar-refractivity contribution is 0.0144. The van der Waals surface area contributed by atoms with Gasteiger partial charge in [0, 0.05) is 14.2 Å². The maximum absolute atomic E-state index is 5.62. The molecule has 0 aliphatic rings. The Labute approximate surface area is 218 Å². The lowest BCUT2D eigenvalue weighted by Gasteiger charge is -2.09. The highest BCUT2D eigenvalue weighted by Crippen LogP contribution is 2.20. The Balaban J connectivity index is 0.00000596. The molecule has 0 bridgehead atoms. The zero-order chi connectivity index (χ0) is 26.7. The van der Waals surface area contributed by atoms with E-state index in [-0.39, 0.29) is 0 Å². The van der Waals surface area contributed by atoms with Gasteiger partial charge in [0.1, 0.15) is 13.2 Å². The zero-order valence-electron chi connectivity index (χ0n) is 23.2. The molecule has 0 fully saturated rings. The Morgan fingerprint density at radius 1 is 0.556 bits per heavy atom. The second kappa shape index (κ2) is 26.1. The predicted molar refractivity (Wildman–Crippen MR) is 144 cm³/mol. The van der Waals surface area contributed by atoms with E-state index >= 15 is 0 Å². The lowest BCUT2D eigenvalue weighted by atomic mass is 10.0. The lowest BCUT2D eigenvalue weighted by Crippen LogP contribution is -2.10. The molecule has 0 aliphatic heterocycles. The zero-order valence-corrected chi connectivity index (χ0v) is 23.2. The minimum Gasteiger partial charge on any atom is -0.498 e. The smallest absolute Gasteiger partial charge is 0.111 e. The maximum atomic E-state index is 5.62. The summed E-state index contributed by atoms with van der Waals surface area (Å²) >= 11 is 0. The largest absolute Gasteiger partial charge is 0.498 e. The average Bonchev–Trinajstić information content (AvgIpc) is 2.91. The van der Waals surface area contributed by atoms with Gasteiger partial charge in [0.2, 0.25) is 0 Å². The van der Waals surface area contributed by atoms with E-state index in [9.17, 15) is 0 Å². The first-order valence-corrected chi connectivity index (χ1v) is 12.7. The summed E-state index contributed by atoms with van der Waals surface area (Å²) in [4.78, 5) is 0. The summed E-state index contributed by atoms with van der Waals surface area (Å²) in [5.74, 6) is 0. The minimum absolute atomic E-state index is 0.489. The van der Waals surface area contributed by atoms with Crippen molar-refractivity contribution in [2.45, 2.75) is 27.7 Å². The highest BCUT2D eigenvalue weighted by Gasteiger charge is 2.01. The van der Waals surface area contributed by atoms with Crippen LogP contribution in [0.4, 0.5) is 0 Å². The van der Waals surface area contributed by atoms with E-state index < -0.39 is 0 Å². The van der Waals surface area contributed by atoms with E-state index in [1.54, 1.807) is 26.7 Å². The first kappa shape index (κ1) is 34.1. The number of hydrogen-bond donors (Lipinski definition) is 0. The molecule has 0 saturated carbocycles. The molecule has 36 heavy (non-hydrogen) atoms. The standard InChI is InChI=1S/C26H42O8.C2H6/c1-23(21-33-18-16-31-14-12-29-10-8-27-3)25-6-5-7-26(20-25)24(2)22-34-19-17-32-15-13-30-11-9-28-4;1-2/h5-7,20-22H,8-19H2,1-4H3;1-2H3/b23-21+,24-22+;. The third-order valence-electron chi connectivity index (χ3n) is 4.59. The monoisotopic (exact) mass is 512 g/mol. The molecule has 8 nitrogen and oxygen atoms in total. The van der Waals surface area contributed by atoms with Gasteiger partial charge in [-0.25, -0.2) is 0 Å². The van der Waals surface area contributed by atoms with E-state index in [0.29, 0.717) is 79.3 Å². The number of allylic oxidation sites excluding steroid dienone is 2. The van der Waals surface area contributed by atoms with Crippen LogP contribution in [0, 0.1) is 0 Å². The van der Waals surface area contributed by atoms with Gasteiger partial charge in [0.15, 0.2) is 0 Å². The van der Waals surface area contributed by atoms with Crippen molar-refractivity contribution in [3.8, 4) is 0 Å². The second-order valence-corrected chi connectivity index (χ2v) is 7.36. The van der Waals surface area contributed by atoms with E-state index in [1.807, 2.05) is 33.8 Å². The van der Waals surface area contributed by atoms with E-state index in [0.717, 1.165) is 22.3 Å². The highest BCUT2D eigenvalue weighted by molar-refractivity contribution is 5.70. The summed E-state index contributed by atoms with van der Waals surface area (Å²) in [6.07, 6.45) is 3.53. The molecular weight excluding hydrogens is 464 g/mol. The molecule has 0 heterocycles. The summed E-state index contributed by atoms with van der Waals surface area (Å²) in [7, 11) is 3.30. The van der Waals surface area contributed by atoms with Gasteiger partial charge in [-0.1, -0.05) is 32.0 Å². The Bertz CT molecular complexity index is 622. The van der Waals surface area contributed by atoms with Gasteiger partial charge in [0.05, 0.1) is 78.6 Å². The van der Waals surface area contributed by atoms with Crippen LogP contribution in [0.25, 0.3) is 11.1 Å². The van der Waals surface area contributed by atoms with Gasteiger partial charge in [-0.2, -0.15) is 0 Å². The molecule has 0 radical (unpaired) electrons. The quantitative estimate of drug-likeness (QED) is 0.162. The van der Waals surface area contributed by atoms with Crippen molar-refractivity contribution in [3.05, 3.63) is 47.9 Å². The molecule has 1 aromatic carbocycles. The number of rotatable bonds is 22. The number of ether oxygens (including phenoxy) is 8. The molecule has 208 valence electrons. The Kier molecular flexibility index (Phi) is 24.7. The highest BCUT2D eigenvalue weighted by atomic mass is 16.6. The Hall–Kier alpha value is -1.94. The van der Waals surface area contributed by atoms with Gasteiger partial charge in [0.25, 0.3) is 0 Å². The van der Waals surface area contributed by atoms with Crippen molar-refractivity contribution in [1.82, 2.24) is 0 Å². The molecule has 1 aromatic rings. The van der Waals surface area contributed by atoms with E-state index in [1.165, 1.54) is 0 Å². The van der Waals surface area contributed by atoms with Crippen LogP contribution in [0.15, 0.2) is 36.8 Å². The molecular formula is C28H48O8. The second-order valence-electron chi connectivity index (χ2n) is 7.36. The SMILES string of the molecule is CC.COCCOCCOCCO/C=C(\C)c1cccc(/C(C)=C/OCCOCCOCCOC)c1. The fourth-order valence-electron chi connectivity index (χ4n) is 2.66. The molecule has 1 rings (SSSR count). The maximum Gasteiger partial charge on any atom is 0.111 e. The summed E-state index contributed by atoms with van der Waals surface area (Å²) < 4.78 is 42.7. The minimum atomic E-state index is 0.489. The van der Waals surface area contributed by atoms with Gasteiger partial charge in [-0.05, 0) is 42.2 Å². The molecule has 0 unspecified atom stereocenters. The van der Waals surface area contributed by atoms with Crippen molar-refractivity contribution in [3.63, 3.8) is 0 Å². The van der Waals surface area contributed by atoms with Crippen molar-refractivity contribution in [2.24, 2.45) is 0 Å². The third-order valence-corrected chi connectivity index (χ3v) is 4.59. The van der Waals surface area contributed by atoms with Crippen LogP contribution in [0.3, 0.4) is 0 Å². The van der Waals surface area contributed by atoms with Crippen molar-refractivity contribution in [2.75, 3.05) is 93.5 Å². The predicted octanol–water partition coefficient (Wildman–Crippen LogP) is 4.83. The van der Waals surface area contributed by atoms with E-state index in [2.05, 4.69) is 18.2 Å². The summed E-state index contributed by atoms with van der Waals surface area (Å²) in [5.41, 5.74) is 4.27.